The van der Waals surface area contributed by atoms with Gasteiger partial charge in [-0.1, -0.05) is 25.1 Å². The Labute approximate surface area is 123 Å². The van der Waals surface area contributed by atoms with Crippen molar-refractivity contribution >= 4 is 0 Å². The van der Waals surface area contributed by atoms with E-state index in [-0.39, 0.29) is 12.1 Å². The summed E-state index contributed by atoms with van der Waals surface area (Å²) in [7, 11) is 1.68. The monoisotopic (exact) mass is 301 g/mol. The van der Waals surface area contributed by atoms with Crippen LogP contribution >= 0.6 is 0 Å². The summed E-state index contributed by atoms with van der Waals surface area (Å²) in [6.45, 7) is 2.77. The van der Waals surface area contributed by atoms with E-state index in [0.717, 1.165) is 25.5 Å². The van der Waals surface area contributed by atoms with Crippen molar-refractivity contribution in [1.82, 2.24) is 5.32 Å². The number of nitrogens with one attached hydrogen (secondary N) is 1. The number of likely N-dealkylation sites (N-methyl/N-ethyl adjacent to an activating group) is 1. The summed E-state index contributed by atoms with van der Waals surface area (Å²) in [5.74, 6) is 0.532. The number of hydrogen-bond donors (Lipinski definition) is 1. The number of halogens is 3. The molecule has 0 aliphatic heterocycles. The van der Waals surface area contributed by atoms with Gasteiger partial charge in [-0.25, -0.2) is 0 Å². The Morgan fingerprint density at radius 2 is 2.05 bits per heavy atom. The molecule has 0 radical (unpaired) electrons. The summed E-state index contributed by atoms with van der Waals surface area (Å²) in [6, 6.07) is 5.62. The van der Waals surface area contributed by atoms with E-state index in [2.05, 4.69) is 5.32 Å². The normalized spacial score (nSPS) is 18.5. The maximum Gasteiger partial charge on any atom is 0.416 e. The maximum absolute atomic E-state index is 12.8. The fourth-order valence-corrected chi connectivity index (χ4v) is 2.81. The molecule has 1 aliphatic carbocycles. The highest BCUT2D eigenvalue weighted by atomic mass is 19.4. The van der Waals surface area contributed by atoms with Crippen LogP contribution in [0.25, 0.3) is 0 Å². The smallest absolute Gasteiger partial charge is 0.380 e. The molecule has 0 bridgehead atoms. The molecule has 1 aliphatic rings. The Hall–Kier alpha value is -1.07. The first kappa shape index (κ1) is 16.3. The van der Waals surface area contributed by atoms with Crippen LogP contribution in [0.3, 0.4) is 0 Å². The lowest BCUT2D eigenvalue weighted by molar-refractivity contribution is -0.137. The third-order valence-corrected chi connectivity index (χ3v) is 3.93. The SMILES string of the molecule is CCNC(Cc1cccc(C(F)(F)F)c1)C(OC)C1CC1. The summed E-state index contributed by atoms with van der Waals surface area (Å²) in [6.07, 6.45) is -1.39. The summed E-state index contributed by atoms with van der Waals surface area (Å²) < 4.78 is 43.9. The van der Waals surface area contributed by atoms with Crippen LogP contribution in [0, 0.1) is 5.92 Å². The lowest BCUT2D eigenvalue weighted by Gasteiger charge is -2.27. The highest BCUT2D eigenvalue weighted by Gasteiger charge is 2.37. The van der Waals surface area contributed by atoms with Crippen molar-refractivity contribution in [2.75, 3.05) is 13.7 Å². The molecule has 0 spiro atoms. The number of benzene rings is 1. The molecule has 1 saturated carbocycles. The molecule has 1 aromatic carbocycles. The van der Waals surface area contributed by atoms with Crippen molar-refractivity contribution in [1.29, 1.82) is 0 Å². The molecule has 2 unspecified atom stereocenters. The van der Waals surface area contributed by atoms with Gasteiger partial charge in [0.2, 0.25) is 0 Å². The lowest BCUT2D eigenvalue weighted by atomic mass is 9.97. The van der Waals surface area contributed by atoms with Crippen molar-refractivity contribution in [3.05, 3.63) is 35.4 Å². The highest BCUT2D eigenvalue weighted by molar-refractivity contribution is 5.26. The van der Waals surface area contributed by atoms with E-state index >= 15 is 0 Å². The second-order valence-corrected chi connectivity index (χ2v) is 5.60. The Balaban J connectivity index is 2.12. The van der Waals surface area contributed by atoms with Gasteiger partial charge in [0.05, 0.1) is 11.7 Å². The molecule has 2 nitrogen and oxygen atoms in total. The standard InChI is InChI=1S/C16H22F3NO/c1-3-20-14(15(21-2)12-7-8-12)10-11-5-4-6-13(9-11)16(17,18)19/h4-6,9,12,14-15,20H,3,7-8,10H2,1-2H3. The predicted molar refractivity (Wildman–Crippen MR) is 76.1 cm³/mol. The van der Waals surface area contributed by atoms with Crippen LogP contribution in [0.15, 0.2) is 24.3 Å². The molecule has 0 amide bonds. The van der Waals surface area contributed by atoms with E-state index in [4.69, 9.17) is 4.74 Å². The van der Waals surface area contributed by atoms with Gasteiger partial charge in [0.15, 0.2) is 0 Å². The average molecular weight is 301 g/mol. The summed E-state index contributed by atoms with van der Waals surface area (Å²) >= 11 is 0. The first-order chi connectivity index (χ1) is 9.95. The number of hydrogen-bond acceptors (Lipinski definition) is 2. The van der Waals surface area contributed by atoms with Crippen molar-refractivity contribution in [2.45, 2.75) is 44.5 Å². The van der Waals surface area contributed by atoms with Gasteiger partial charge < -0.3 is 10.1 Å². The molecule has 0 heterocycles. The summed E-state index contributed by atoms with van der Waals surface area (Å²) in [5.41, 5.74) is 0.106. The quantitative estimate of drug-likeness (QED) is 0.830. The molecule has 2 rings (SSSR count). The number of ether oxygens (including phenoxy) is 1. The van der Waals surface area contributed by atoms with Crippen molar-refractivity contribution in [2.24, 2.45) is 5.92 Å². The second-order valence-electron chi connectivity index (χ2n) is 5.60. The van der Waals surface area contributed by atoms with E-state index in [1.807, 2.05) is 6.92 Å². The van der Waals surface area contributed by atoms with Crippen LogP contribution in [-0.4, -0.2) is 25.8 Å². The molecular weight excluding hydrogens is 279 g/mol. The third-order valence-electron chi connectivity index (χ3n) is 3.93. The van der Waals surface area contributed by atoms with Gasteiger partial charge in [0.25, 0.3) is 0 Å². The van der Waals surface area contributed by atoms with E-state index in [1.165, 1.54) is 12.1 Å². The highest BCUT2D eigenvalue weighted by Crippen LogP contribution is 2.36. The van der Waals surface area contributed by atoms with Crippen LogP contribution in [0.4, 0.5) is 13.2 Å². The van der Waals surface area contributed by atoms with Gasteiger partial charge in [-0.3, -0.25) is 0 Å². The predicted octanol–water partition coefficient (Wildman–Crippen LogP) is 3.65. The van der Waals surface area contributed by atoms with E-state index < -0.39 is 11.7 Å². The zero-order valence-corrected chi connectivity index (χ0v) is 12.4. The minimum absolute atomic E-state index is 0.0518. The average Bonchev–Trinajstić information content (AvgIpc) is 3.24. The zero-order valence-electron chi connectivity index (χ0n) is 12.4. The largest absolute Gasteiger partial charge is 0.416 e. The molecule has 1 aromatic rings. The van der Waals surface area contributed by atoms with E-state index in [0.29, 0.717) is 17.9 Å². The Morgan fingerprint density at radius 1 is 1.33 bits per heavy atom. The Kier molecular flexibility index (Phi) is 5.27. The molecule has 0 saturated heterocycles. The third kappa shape index (κ3) is 4.45. The molecule has 1 N–H and O–H groups in total. The summed E-state index contributed by atoms with van der Waals surface area (Å²) in [4.78, 5) is 0. The van der Waals surface area contributed by atoms with Crippen LogP contribution in [-0.2, 0) is 17.3 Å². The van der Waals surface area contributed by atoms with Gasteiger partial charge in [0, 0.05) is 13.2 Å². The van der Waals surface area contributed by atoms with Crippen LogP contribution < -0.4 is 5.32 Å². The second kappa shape index (κ2) is 6.79. The molecule has 118 valence electrons. The van der Waals surface area contributed by atoms with Gasteiger partial charge in [0.1, 0.15) is 0 Å². The van der Waals surface area contributed by atoms with E-state index in [1.54, 1.807) is 13.2 Å². The first-order valence-electron chi connectivity index (χ1n) is 7.38. The maximum atomic E-state index is 12.8. The minimum Gasteiger partial charge on any atom is -0.380 e. The van der Waals surface area contributed by atoms with Gasteiger partial charge in [-0.2, -0.15) is 13.2 Å². The van der Waals surface area contributed by atoms with E-state index in [9.17, 15) is 13.2 Å². The van der Waals surface area contributed by atoms with Gasteiger partial charge >= 0.3 is 6.18 Å². The zero-order chi connectivity index (χ0) is 15.5. The fourth-order valence-electron chi connectivity index (χ4n) is 2.81. The van der Waals surface area contributed by atoms with Gasteiger partial charge in [-0.05, 0) is 43.4 Å². The van der Waals surface area contributed by atoms with Crippen LogP contribution in [0.5, 0.6) is 0 Å². The van der Waals surface area contributed by atoms with Crippen molar-refractivity contribution < 1.29 is 17.9 Å². The molecule has 5 heteroatoms. The van der Waals surface area contributed by atoms with Crippen molar-refractivity contribution in [3.8, 4) is 0 Å². The molecular formula is C16H22F3NO. The number of methoxy groups -OCH3 is 1. The molecule has 2 atom stereocenters. The number of rotatable bonds is 7. The topological polar surface area (TPSA) is 21.3 Å². The summed E-state index contributed by atoms with van der Waals surface area (Å²) in [5, 5.41) is 3.36. The minimum atomic E-state index is -4.29. The fraction of sp³-hybridized carbons (Fsp3) is 0.625. The Morgan fingerprint density at radius 3 is 2.57 bits per heavy atom. The van der Waals surface area contributed by atoms with Crippen LogP contribution in [0.2, 0.25) is 0 Å². The molecule has 21 heavy (non-hydrogen) atoms. The first-order valence-corrected chi connectivity index (χ1v) is 7.38. The molecule has 0 aromatic heterocycles. The van der Waals surface area contributed by atoms with Crippen LogP contribution in [0.1, 0.15) is 30.9 Å². The van der Waals surface area contributed by atoms with Gasteiger partial charge in [-0.15, -0.1) is 0 Å². The van der Waals surface area contributed by atoms with Crippen molar-refractivity contribution in [3.63, 3.8) is 0 Å². The Bertz CT molecular complexity index is 457. The molecule has 1 fully saturated rings. The lowest BCUT2D eigenvalue weighted by Crippen LogP contribution is -2.43. The number of alkyl halides is 3.